The van der Waals surface area contributed by atoms with Crippen molar-refractivity contribution in [3.63, 3.8) is 0 Å². The van der Waals surface area contributed by atoms with Gasteiger partial charge in [-0.2, -0.15) is 0 Å². The molecule has 96 valence electrons. The first kappa shape index (κ1) is 12.8. The van der Waals surface area contributed by atoms with Crippen LogP contribution in [0.1, 0.15) is 26.3 Å². The topological polar surface area (TPSA) is 37.0 Å². The maximum atomic E-state index is 4.61. The molecule has 0 unspecified atom stereocenters. The van der Waals surface area contributed by atoms with E-state index in [1.54, 1.807) is 0 Å². The first-order chi connectivity index (χ1) is 8.70. The Bertz CT molecular complexity index is 520. The maximum absolute atomic E-state index is 4.61. The molecule has 2 rings (SSSR count). The highest BCUT2D eigenvalue weighted by Gasteiger charge is 2.05. The Kier molecular flexibility index (Phi) is 4.15. The lowest BCUT2D eigenvalue weighted by Gasteiger charge is -2.12. The molecule has 0 spiro atoms. The van der Waals surface area contributed by atoms with Crippen LogP contribution in [-0.2, 0) is 6.54 Å². The molecule has 0 aliphatic carbocycles. The number of hydrogen-bond acceptors (Lipinski definition) is 3. The fourth-order valence-corrected chi connectivity index (χ4v) is 1.98. The van der Waals surface area contributed by atoms with Crippen LogP contribution in [0.4, 0.5) is 5.82 Å². The number of anilines is 1. The molecule has 18 heavy (non-hydrogen) atoms. The van der Waals surface area contributed by atoms with Crippen molar-refractivity contribution in [1.29, 1.82) is 0 Å². The molecule has 0 aliphatic heterocycles. The molecule has 0 bridgehead atoms. The molecule has 0 saturated carbocycles. The van der Waals surface area contributed by atoms with Crippen LogP contribution in [-0.4, -0.2) is 17.6 Å². The molecule has 0 radical (unpaired) electrons. The predicted molar refractivity (Wildman–Crippen MR) is 77.9 cm³/mol. The Morgan fingerprint density at radius 3 is 2.72 bits per heavy atom. The number of hydrogen-bond donors (Lipinski definition) is 2. The van der Waals surface area contributed by atoms with Crippen LogP contribution in [0.2, 0.25) is 0 Å². The second-order valence-corrected chi connectivity index (χ2v) is 4.75. The van der Waals surface area contributed by atoms with E-state index in [1.807, 2.05) is 6.07 Å². The smallest absolute Gasteiger partial charge is 0.126 e. The van der Waals surface area contributed by atoms with Crippen molar-refractivity contribution in [2.45, 2.75) is 33.4 Å². The second-order valence-electron chi connectivity index (χ2n) is 4.75. The van der Waals surface area contributed by atoms with Gasteiger partial charge in [-0.15, -0.1) is 0 Å². The molecular formula is C15H21N3. The molecule has 2 N–H and O–H groups in total. The highest BCUT2D eigenvalue weighted by molar-refractivity contribution is 5.84. The molecule has 0 amide bonds. The van der Waals surface area contributed by atoms with E-state index >= 15 is 0 Å². The SMILES string of the molecule is CCNc1cc(CNC(C)C)c2ccccc2n1. The average Bonchev–Trinajstić information content (AvgIpc) is 2.36. The Morgan fingerprint density at radius 2 is 2.00 bits per heavy atom. The fraction of sp³-hybridized carbons (Fsp3) is 0.400. The van der Waals surface area contributed by atoms with Gasteiger partial charge < -0.3 is 10.6 Å². The molecule has 3 nitrogen and oxygen atoms in total. The van der Waals surface area contributed by atoms with Gasteiger partial charge in [0, 0.05) is 24.5 Å². The zero-order valence-corrected chi connectivity index (χ0v) is 11.3. The standard InChI is InChI=1S/C15H21N3/c1-4-16-15-9-12(10-17-11(2)3)13-7-5-6-8-14(13)18-15/h5-9,11,17H,4,10H2,1-3H3,(H,16,18). The van der Waals surface area contributed by atoms with E-state index in [9.17, 15) is 0 Å². The third kappa shape index (κ3) is 2.99. The largest absolute Gasteiger partial charge is 0.370 e. The molecular weight excluding hydrogens is 222 g/mol. The quantitative estimate of drug-likeness (QED) is 0.847. The van der Waals surface area contributed by atoms with Gasteiger partial charge in [-0.05, 0) is 24.6 Å². The summed E-state index contributed by atoms with van der Waals surface area (Å²) < 4.78 is 0. The molecule has 1 aromatic heterocycles. The molecule has 0 fully saturated rings. The van der Waals surface area contributed by atoms with Crippen LogP contribution in [0.15, 0.2) is 30.3 Å². The summed E-state index contributed by atoms with van der Waals surface area (Å²) in [6, 6.07) is 10.9. The molecule has 0 atom stereocenters. The lowest BCUT2D eigenvalue weighted by molar-refractivity contribution is 0.590. The number of aromatic nitrogens is 1. The van der Waals surface area contributed by atoms with Crippen molar-refractivity contribution in [2.24, 2.45) is 0 Å². The highest BCUT2D eigenvalue weighted by Crippen LogP contribution is 2.20. The van der Waals surface area contributed by atoms with E-state index in [2.05, 4.69) is 60.7 Å². The molecule has 1 aromatic carbocycles. The van der Waals surface area contributed by atoms with Gasteiger partial charge >= 0.3 is 0 Å². The van der Waals surface area contributed by atoms with Gasteiger partial charge in [-0.25, -0.2) is 4.98 Å². The Labute approximate surface area is 109 Å². The number of rotatable bonds is 5. The summed E-state index contributed by atoms with van der Waals surface area (Å²) in [6.07, 6.45) is 0. The first-order valence-electron chi connectivity index (χ1n) is 6.56. The third-order valence-electron chi connectivity index (χ3n) is 2.86. The molecule has 0 saturated heterocycles. The van der Waals surface area contributed by atoms with Crippen LogP contribution in [0.5, 0.6) is 0 Å². The minimum absolute atomic E-state index is 0.486. The van der Waals surface area contributed by atoms with Gasteiger partial charge in [0.25, 0.3) is 0 Å². The van der Waals surface area contributed by atoms with Crippen LogP contribution < -0.4 is 10.6 Å². The second kappa shape index (κ2) is 5.83. The number of nitrogens with zero attached hydrogens (tertiary/aromatic N) is 1. The lowest BCUT2D eigenvalue weighted by atomic mass is 10.1. The number of benzene rings is 1. The highest BCUT2D eigenvalue weighted by atomic mass is 15.0. The van der Waals surface area contributed by atoms with E-state index in [1.165, 1.54) is 10.9 Å². The van der Waals surface area contributed by atoms with E-state index in [0.29, 0.717) is 6.04 Å². The minimum atomic E-state index is 0.486. The van der Waals surface area contributed by atoms with E-state index in [0.717, 1.165) is 24.4 Å². The van der Waals surface area contributed by atoms with Gasteiger partial charge in [-0.1, -0.05) is 32.0 Å². The molecule has 3 heteroatoms. The molecule has 1 heterocycles. The summed E-state index contributed by atoms with van der Waals surface area (Å²) >= 11 is 0. The summed E-state index contributed by atoms with van der Waals surface area (Å²) in [5.74, 6) is 0.955. The van der Waals surface area contributed by atoms with Crippen molar-refractivity contribution >= 4 is 16.7 Å². The Balaban J connectivity index is 2.40. The van der Waals surface area contributed by atoms with E-state index in [-0.39, 0.29) is 0 Å². The van der Waals surface area contributed by atoms with E-state index < -0.39 is 0 Å². The monoisotopic (exact) mass is 243 g/mol. The van der Waals surface area contributed by atoms with Crippen molar-refractivity contribution in [1.82, 2.24) is 10.3 Å². The van der Waals surface area contributed by atoms with Crippen molar-refractivity contribution in [3.8, 4) is 0 Å². The van der Waals surface area contributed by atoms with Gasteiger partial charge in [0.1, 0.15) is 5.82 Å². The Hall–Kier alpha value is -1.61. The minimum Gasteiger partial charge on any atom is -0.370 e. The summed E-state index contributed by atoms with van der Waals surface area (Å²) in [5, 5.41) is 7.99. The third-order valence-corrected chi connectivity index (χ3v) is 2.86. The number of para-hydroxylation sites is 1. The molecule has 2 aromatic rings. The van der Waals surface area contributed by atoms with Crippen LogP contribution in [0.3, 0.4) is 0 Å². The van der Waals surface area contributed by atoms with Gasteiger partial charge in [0.15, 0.2) is 0 Å². The Morgan fingerprint density at radius 1 is 1.22 bits per heavy atom. The summed E-state index contributed by atoms with van der Waals surface area (Å²) in [7, 11) is 0. The first-order valence-corrected chi connectivity index (χ1v) is 6.56. The van der Waals surface area contributed by atoms with Gasteiger partial charge in [-0.3, -0.25) is 0 Å². The van der Waals surface area contributed by atoms with Gasteiger partial charge in [0.05, 0.1) is 5.52 Å². The zero-order valence-electron chi connectivity index (χ0n) is 11.3. The van der Waals surface area contributed by atoms with Crippen LogP contribution in [0, 0.1) is 0 Å². The van der Waals surface area contributed by atoms with Crippen LogP contribution >= 0.6 is 0 Å². The van der Waals surface area contributed by atoms with Crippen LogP contribution in [0.25, 0.3) is 10.9 Å². The fourth-order valence-electron chi connectivity index (χ4n) is 1.98. The average molecular weight is 243 g/mol. The maximum Gasteiger partial charge on any atom is 0.126 e. The summed E-state index contributed by atoms with van der Waals surface area (Å²) in [6.45, 7) is 8.17. The number of pyridine rings is 1. The van der Waals surface area contributed by atoms with E-state index in [4.69, 9.17) is 0 Å². The van der Waals surface area contributed by atoms with Crippen molar-refractivity contribution in [2.75, 3.05) is 11.9 Å². The van der Waals surface area contributed by atoms with Gasteiger partial charge in [0.2, 0.25) is 0 Å². The van der Waals surface area contributed by atoms with Crippen molar-refractivity contribution in [3.05, 3.63) is 35.9 Å². The number of fused-ring (bicyclic) bond motifs is 1. The summed E-state index contributed by atoms with van der Waals surface area (Å²) in [5.41, 5.74) is 2.35. The zero-order chi connectivity index (χ0) is 13.0. The predicted octanol–water partition coefficient (Wildman–Crippen LogP) is 3.16. The van der Waals surface area contributed by atoms with Crippen molar-refractivity contribution < 1.29 is 0 Å². The molecule has 0 aliphatic rings. The number of nitrogens with one attached hydrogen (secondary N) is 2. The lowest BCUT2D eigenvalue weighted by Crippen LogP contribution is -2.22. The summed E-state index contributed by atoms with van der Waals surface area (Å²) in [4.78, 5) is 4.61. The normalized spacial score (nSPS) is 11.1.